The Balaban J connectivity index is 2.08. The van der Waals surface area contributed by atoms with E-state index >= 15 is 0 Å². The fourth-order valence-corrected chi connectivity index (χ4v) is 4.45. The quantitative estimate of drug-likeness (QED) is 0.613. The van der Waals surface area contributed by atoms with E-state index < -0.39 is 0 Å². The Morgan fingerprint density at radius 1 is 0.846 bits per heavy atom. The molecule has 0 radical (unpaired) electrons. The summed E-state index contributed by atoms with van der Waals surface area (Å²) in [5.41, 5.74) is 0. The summed E-state index contributed by atoms with van der Waals surface area (Å²) in [4.78, 5) is 0. The van der Waals surface area contributed by atoms with Crippen LogP contribution in [0.15, 0.2) is 0 Å². The predicted molar refractivity (Wildman–Crippen MR) is 57.6 cm³/mol. The maximum Gasteiger partial charge on any atom is -0.0352 e. The van der Waals surface area contributed by atoms with Crippen molar-refractivity contribution in [2.24, 2.45) is 29.6 Å². The summed E-state index contributed by atoms with van der Waals surface area (Å²) in [5, 5.41) is 0. The van der Waals surface area contributed by atoms with Crippen LogP contribution < -0.4 is 0 Å². The molecule has 5 atom stereocenters. The fourth-order valence-electron chi connectivity index (χ4n) is 4.45. The highest BCUT2D eigenvalue weighted by atomic mass is 14.5. The van der Waals surface area contributed by atoms with Crippen LogP contribution in [0.25, 0.3) is 0 Å². The normalized spacial score (nSPS) is 48.7. The molecule has 0 aromatic heterocycles. The maximum atomic E-state index is 2.40. The molecule has 76 valence electrons. The average Bonchev–Trinajstić information content (AvgIpc) is 2.72. The van der Waals surface area contributed by atoms with Gasteiger partial charge in [-0.2, -0.15) is 0 Å². The molecule has 0 saturated heterocycles. The standard InChI is InChI=1S/C13H24/c1-4-9-7-10-8-13(9)12(6-3)11(10)5-2/h9-13H,4-8H2,1-3H3. The molecule has 2 rings (SSSR count). The van der Waals surface area contributed by atoms with Crippen molar-refractivity contribution in [1.29, 1.82) is 0 Å². The lowest BCUT2D eigenvalue weighted by Gasteiger charge is -2.34. The van der Waals surface area contributed by atoms with Crippen molar-refractivity contribution in [3.8, 4) is 0 Å². The van der Waals surface area contributed by atoms with Crippen molar-refractivity contribution in [2.75, 3.05) is 0 Å². The molecule has 0 heteroatoms. The molecule has 2 saturated carbocycles. The number of rotatable bonds is 3. The summed E-state index contributed by atoms with van der Waals surface area (Å²) in [6.07, 6.45) is 7.46. The van der Waals surface area contributed by atoms with Gasteiger partial charge in [0.2, 0.25) is 0 Å². The summed E-state index contributed by atoms with van der Waals surface area (Å²) in [6, 6.07) is 0. The van der Waals surface area contributed by atoms with Crippen molar-refractivity contribution < 1.29 is 0 Å². The lowest BCUT2D eigenvalue weighted by Crippen LogP contribution is -2.27. The largest absolute Gasteiger partial charge is 0.0651 e. The number of hydrogen-bond acceptors (Lipinski definition) is 0. The van der Waals surface area contributed by atoms with Crippen molar-refractivity contribution in [2.45, 2.75) is 52.9 Å². The summed E-state index contributed by atoms with van der Waals surface area (Å²) < 4.78 is 0. The van der Waals surface area contributed by atoms with E-state index in [9.17, 15) is 0 Å². The van der Waals surface area contributed by atoms with Crippen LogP contribution in [0.2, 0.25) is 0 Å². The van der Waals surface area contributed by atoms with Gasteiger partial charge in [-0.3, -0.25) is 0 Å². The van der Waals surface area contributed by atoms with Crippen molar-refractivity contribution in [3.63, 3.8) is 0 Å². The Hall–Kier alpha value is 0. The van der Waals surface area contributed by atoms with Crippen LogP contribution in [0.5, 0.6) is 0 Å². The molecule has 0 aromatic rings. The third-order valence-electron chi connectivity index (χ3n) is 4.96. The zero-order chi connectivity index (χ0) is 9.42. The van der Waals surface area contributed by atoms with E-state index in [2.05, 4.69) is 20.8 Å². The molecule has 0 heterocycles. The Morgan fingerprint density at radius 3 is 2.08 bits per heavy atom. The van der Waals surface area contributed by atoms with Gasteiger partial charge < -0.3 is 0 Å². The first-order valence-electron chi connectivity index (χ1n) is 6.31. The second-order valence-electron chi connectivity index (χ2n) is 5.21. The van der Waals surface area contributed by atoms with Gasteiger partial charge in [-0.1, -0.05) is 40.0 Å². The van der Waals surface area contributed by atoms with Gasteiger partial charge in [-0.05, 0) is 42.4 Å². The van der Waals surface area contributed by atoms with Gasteiger partial charge in [-0.25, -0.2) is 0 Å². The average molecular weight is 180 g/mol. The molecule has 0 aromatic carbocycles. The lowest BCUT2D eigenvalue weighted by atomic mass is 9.71. The summed E-state index contributed by atoms with van der Waals surface area (Å²) >= 11 is 0. The van der Waals surface area contributed by atoms with Gasteiger partial charge in [-0.15, -0.1) is 0 Å². The van der Waals surface area contributed by atoms with E-state index in [1.807, 2.05) is 0 Å². The third-order valence-corrected chi connectivity index (χ3v) is 4.96. The molecule has 2 aliphatic rings. The Bertz CT molecular complexity index is 173. The zero-order valence-corrected chi connectivity index (χ0v) is 9.42. The van der Waals surface area contributed by atoms with Crippen LogP contribution in [0.1, 0.15) is 52.9 Å². The lowest BCUT2D eigenvalue weighted by molar-refractivity contribution is 0.150. The van der Waals surface area contributed by atoms with E-state index in [0.717, 1.165) is 29.6 Å². The summed E-state index contributed by atoms with van der Waals surface area (Å²) in [5.74, 6) is 5.51. The van der Waals surface area contributed by atoms with Gasteiger partial charge >= 0.3 is 0 Å². The highest BCUT2D eigenvalue weighted by molar-refractivity contribution is 4.99. The molecular weight excluding hydrogens is 156 g/mol. The molecule has 0 aliphatic heterocycles. The molecular formula is C13H24. The summed E-state index contributed by atoms with van der Waals surface area (Å²) in [6.45, 7) is 7.19. The van der Waals surface area contributed by atoms with E-state index in [1.54, 1.807) is 12.8 Å². The predicted octanol–water partition coefficient (Wildman–Crippen LogP) is 4.10. The van der Waals surface area contributed by atoms with Crippen molar-refractivity contribution >= 4 is 0 Å². The van der Waals surface area contributed by atoms with Gasteiger partial charge in [0.15, 0.2) is 0 Å². The van der Waals surface area contributed by atoms with Gasteiger partial charge in [0.25, 0.3) is 0 Å². The van der Waals surface area contributed by atoms with Crippen LogP contribution >= 0.6 is 0 Å². The molecule has 5 unspecified atom stereocenters. The van der Waals surface area contributed by atoms with Crippen LogP contribution in [-0.4, -0.2) is 0 Å². The molecule has 2 fully saturated rings. The van der Waals surface area contributed by atoms with E-state index in [1.165, 1.54) is 19.3 Å². The first-order chi connectivity index (χ1) is 6.31. The monoisotopic (exact) mass is 180 g/mol. The molecule has 13 heavy (non-hydrogen) atoms. The summed E-state index contributed by atoms with van der Waals surface area (Å²) in [7, 11) is 0. The third kappa shape index (κ3) is 1.33. The zero-order valence-electron chi connectivity index (χ0n) is 9.42. The van der Waals surface area contributed by atoms with E-state index in [-0.39, 0.29) is 0 Å². The number of fused-ring (bicyclic) bond motifs is 2. The van der Waals surface area contributed by atoms with E-state index in [0.29, 0.717) is 0 Å². The highest BCUT2D eigenvalue weighted by Crippen LogP contribution is 2.57. The van der Waals surface area contributed by atoms with Gasteiger partial charge in [0, 0.05) is 0 Å². The van der Waals surface area contributed by atoms with Crippen LogP contribution in [0, 0.1) is 29.6 Å². The Kier molecular flexibility index (Phi) is 2.67. The minimum Gasteiger partial charge on any atom is -0.0651 e. The van der Waals surface area contributed by atoms with Crippen LogP contribution in [-0.2, 0) is 0 Å². The second kappa shape index (κ2) is 3.63. The first-order valence-corrected chi connectivity index (χ1v) is 6.31. The minimum atomic E-state index is 1.09. The Labute approximate surface area is 83.1 Å². The molecule has 2 aliphatic carbocycles. The Morgan fingerprint density at radius 2 is 1.54 bits per heavy atom. The van der Waals surface area contributed by atoms with Gasteiger partial charge in [0.05, 0.1) is 0 Å². The molecule has 0 amide bonds. The molecule has 0 spiro atoms. The number of hydrogen-bond donors (Lipinski definition) is 0. The molecule has 0 nitrogen and oxygen atoms in total. The molecule has 2 bridgehead atoms. The van der Waals surface area contributed by atoms with Crippen molar-refractivity contribution in [3.05, 3.63) is 0 Å². The minimum absolute atomic E-state index is 1.09. The van der Waals surface area contributed by atoms with Crippen molar-refractivity contribution in [1.82, 2.24) is 0 Å². The van der Waals surface area contributed by atoms with Crippen LogP contribution in [0.3, 0.4) is 0 Å². The van der Waals surface area contributed by atoms with E-state index in [4.69, 9.17) is 0 Å². The smallest absolute Gasteiger partial charge is 0.0352 e. The first kappa shape index (κ1) is 9.55. The highest BCUT2D eigenvalue weighted by Gasteiger charge is 2.49. The van der Waals surface area contributed by atoms with Gasteiger partial charge in [0.1, 0.15) is 0 Å². The maximum absolute atomic E-state index is 2.40. The molecule has 0 N–H and O–H groups in total. The van der Waals surface area contributed by atoms with Crippen LogP contribution in [0.4, 0.5) is 0 Å². The topological polar surface area (TPSA) is 0 Å². The fraction of sp³-hybridized carbons (Fsp3) is 1.00. The SMILES string of the molecule is CCC1CC2CC1C(CC)C2CC. The second-order valence-corrected chi connectivity index (χ2v) is 5.21.